The van der Waals surface area contributed by atoms with Crippen molar-refractivity contribution in [2.24, 2.45) is 0 Å². The second kappa shape index (κ2) is 5.95. The Morgan fingerprint density at radius 3 is 2.44 bits per heavy atom. The van der Waals surface area contributed by atoms with Crippen LogP contribution in [0.5, 0.6) is 5.75 Å². The van der Waals surface area contributed by atoms with Crippen LogP contribution in [0.25, 0.3) is 5.57 Å². The SMILES string of the molecule is CCCC(=CC(=O)O)c1ccc(OC)cc1. The molecule has 86 valence electrons. The van der Waals surface area contributed by atoms with Gasteiger partial charge in [0.15, 0.2) is 0 Å². The van der Waals surface area contributed by atoms with Gasteiger partial charge in [-0.3, -0.25) is 0 Å². The van der Waals surface area contributed by atoms with Crippen molar-refractivity contribution in [1.82, 2.24) is 0 Å². The van der Waals surface area contributed by atoms with Gasteiger partial charge in [0.2, 0.25) is 0 Å². The van der Waals surface area contributed by atoms with E-state index in [0.29, 0.717) is 0 Å². The fourth-order valence-corrected chi connectivity index (χ4v) is 1.52. The summed E-state index contributed by atoms with van der Waals surface area (Å²) in [4.78, 5) is 10.7. The molecule has 0 radical (unpaired) electrons. The van der Waals surface area contributed by atoms with Crippen LogP contribution in [0.3, 0.4) is 0 Å². The van der Waals surface area contributed by atoms with Crippen LogP contribution in [0.4, 0.5) is 0 Å². The van der Waals surface area contributed by atoms with Crippen LogP contribution in [0.15, 0.2) is 30.3 Å². The van der Waals surface area contributed by atoms with Crippen LogP contribution >= 0.6 is 0 Å². The van der Waals surface area contributed by atoms with Gasteiger partial charge in [0, 0.05) is 6.08 Å². The highest BCUT2D eigenvalue weighted by Crippen LogP contribution is 2.22. The van der Waals surface area contributed by atoms with Crippen LogP contribution < -0.4 is 4.74 Å². The molecular weight excluding hydrogens is 204 g/mol. The molecule has 0 spiro atoms. The van der Waals surface area contributed by atoms with Crippen LogP contribution in [-0.2, 0) is 4.79 Å². The Balaban J connectivity index is 2.97. The maximum Gasteiger partial charge on any atom is 0.328 e. The average molecular weight is 220 g/mol. The first-order chi connectivity index (χ1) is 7.67. The van der Waals surface area contributed by atoms with Gasteiger partial charge in [-0.15, -0.1) is 0 Å². The standard InChI is InChI=1S/C13H16O3/c1-3-4-11(9-13(14)15)10-5-7-12(16-2)8-6-10/h5-9H,3-4H2,1-2H3,(H,14,15). The van der Waals surface area contributed by atoms with Crippen LogP contribution in [-0.4, -0.2) is 18.2 Å². The normalized spacial score (nSPS) is 11.2. The zero-order valence-electron chi connectivity index (χ0n) is 9.56. The molecule has 16 heavy (non-hydrogen) atoms. The Morgan fingerprint density at radius 2 is 2.00 bits per heavy atom. The fraction of sp³-hybridized carbons (Fsp3) is 0.308. The van der Waals surface area contributed by atoms with Crippen molar-refractivity contribution in [3.8, 4) is 5.75 Å². The van der Waals surface area contributed by atoms with Gasteiger partial charge in [0.1, 0.15) is 5.75 Å². The summed E-state index contributed by atoms with van der Waals surface area (Å²) in [6.07, 6.45) is 2.95. The molecule has 0 saturated carbocycles. The third-order valence-corrected chi connectivity index (χ3v) is 2.28. The van der Waals surface area contributed by atoms with Crippen LogP contribution in [0.2, 0.25) is 0 Å². The van der Waals surface area contributed by atoms with Crippen molar-refractivity contribution in [2.45, 2.75) is 19.8 Å². The van der Waals surface area contributed by atoms with E-state index in [1.807, 2.05) is 31.2 Å². The summed E-state index contributed by atoms with van der Waals surface area (Å²) in [6.45, 7) is 2.03. The lowest BCUT2D eigenvalue weighted by Gasteiger charge is -2.06. The van der Waals surface area contributed by atoms with E-state index >= 15 is 0 Å². The lowest BCUT2D eigenvalue weighted by molar-refractivity contribution is -0.131. The number of carbonyl (C=O) groups is 1. The predicted molar refractivity (Wildman–Crippen MR) is 63.5 cm³/mol. The van der Waals surface area contributed by atoms with Gasteiger partial charge in [0.05, 0.1) is 7.11 Å². The van der Waals surface area contributed by atoms with E-state index in [-0.39, 0.29) is 0 Å². The summed E-state index contributed by atoms with van der Waals surface area (Å²) >= 11 is 0. The zero-order chi connectivity index (χ0) is 12.0. The molecule has 3 nitrogen and oxygen atoms in total. The largest absolute Gasteiger partial charge is 0.497 e. The molecule has 0 unspecified atom stereocenters. The van der Waals surface area contributed by atoms with E-state index in [0.717, 1.165) is 29.7 Å². The number of hydrogen-bond acceptors (Lipinski definition) is 2. The quantitative estimate of drug-likeness (QED) is 0.776. The van der Waals surface area contributed by atoms with Gasteiger partial charge < -0.3 is 9.84 Å². The van der Waals surface area contributed by atoms with Gasteiger partial charge in [-0.25, -0.2) is 4.79 Å². The minimum absolute atomic E-state index is 0.763. The summed E-state index contributed by atoms with van der Waals surface area (Å²) in [6, 6.07) is 7.42. The molecular formula is C13H16O3. The lowest BCUT2D eigenvalue weighted by Crippen LogP contribution is -1.93. The van der Waals surface area contributed by atoms with E-state index < -0.39 is 5.97 Å². The number of benzene rings is 1. The second-order valence-corrected chi connectivity index (χ2v) is 3.49. The number of rotatable bonds is 5. The van der Waals surface area contributed by atoms with Crippen molar-refractivity contribution in [3.05, 3.63) is 35.9 Å². The first-order valence-corrected chi connectivity index (χ1v) is 5.25. The maximum atomic E-state index is 10.7. The molecule has 0 amide bonds. The van der Waals surface area contributed by atoms with Crippen molar-refractivity contribution >= 4 is 11.5 Å². The first-order valence-electron chi connectivity index (χ1n) is 5.25. The lowest BCUT2D eigenvalue weighted by atomic mass is 10.0. The average Bonchev–Trinajstić information content (AvgIpc) is 2.28. The highest BCUT2D eigenvalue weighted by Gasteiger charge is 2.03. The highest BCUT2D eigenvalue weighted by molar-refractivity contribution is 5.90. The van der Waals surface area contributed by atoms with E-state index in [2.05, 4.69) is 0 Å². The third kappa shape index (κ3) is 3.42. The topological polar surface area (TPSA) is 46.5 Å². The predicted octanol–water partition coefficient (Wildman–Crippen LogP) is 2.96. The molecule has 0 aromatic heterocycles. The Labute approximate surface area is 95.4 Å². The Bertz CT molecular complexity index is 377. The molecule has 0 saturated heterocycles. The Morgan fingerprint density at radius 1 is 1.38 bits per heavy atom. The molecule has 1 N–H and O–H groups in total. The molecule has 1 aromatic rings. The van der Waals surface area contributed by atoms with Gasteiger partial charge in [-0.2, -0.15) is 0 Å². The van der Waals surface area contributed by atoms with E-state index in [1.54, 1.807) is 7.11 Å². The van der Waals surface area contributed by atoms with Gasteiger partial charge in [0.25, 0.3) is 0 Å². The van der Waals surface area contributed by atoms with Gasteiger partial charge >= 0.3 is 5.97 Å². The van der Waals surface area contributed by atoms with Crippen molar-refractivity contribution in [1.29, 1.82) is 0 Å². The zero-order valence-corrected chi connectivity index (χ0v) is 9.56. The number of ether oxygens (including phenoxy) is 1. The molecule has 3 heteroatoms. The number of carboxylic acid groups (broad SMARTS) is 1. The summed E-state index contributed by atoms with van der Waals surface area (Å²) in [7, 11) is 1.61. The summed E-state index contributed by atoms with van der Waals surface area (Å²) in [5.41, 5.74) is 1.78. The maximum absolute atomic E-state index is 10.7. The molecule has 0 atom stereocenters. The molecule has 0 aliphatic heterocycles. The van der Waals surface area contributed by atoms with Crippen LogP contribution in [0, 0.1) is 0 Å². The highest BCUT2D eigenvalue weighted by atomic mass is 16.5. The van der Waals surface area contributed by atoms with Crippen molar-refractivity contribution in [2.75, 3.05) is 7.11 Å². The number of methoxy groups -OCH3 is 1. The Hall–Kier alpha value is -1.77. The molecule has 0 fully saturated rings. The van der Waals surface area contributed by atoms with Crippen LogP contribution in [0.1, 0.15) is 25.3 Å². The summed E-state index contributed by atoms with van der Waals surface area (Å²) in [5.74, 6) is -0.130. The number of aliphatic carboxylic acids is 1. The van der Waals surface area contributed by atoms with Crippen molar-refractivity contribution < 1.29 is 14.6 Å². The third-order valence-electron chi connectivity index (χ3n) is 2.28. The van der Waals surface area contributed by atoms with E-state index in [1.165, 1.54) is 6.08 Å². The molecule has 0 heterocycles. The molecule has 1 rings (SSSR count). The Kier molecular flexibility index (Phi) is 4.58. The summed E-state index contributed by atoms with van der Waals surface area (Å²) in [5, 5.41) is 8.77. The molecule has 0 aliphatic carbocycles. The number of hydrogen-bond donors (Lipinski definition) is 1. The van der Waals surface area contributed by atoms with Gasteiger partial charge in [-0.1, -0.05) is 25.5 Å². The first kappa shape index (κ1) is 12.3. The van der Waals surface area contributed by atoms with Gasteiger partial charge in [-0.05, 0) is 29.7 Å². The monoisotopic (exact) mass is 220 g/mol. The molecule has 0 aliphatic rings. The number of carboxylic acids is 1. The molecule has 0 bridgehead atoms. The fourth-order valence-electron chi connectivity index (χ4n) is 1.52. The summed E-state index contributed by atoms with van der Waals surface area (Å²) < 4.78 is 5.05. The van der Waals surface area contributed by atoms with Crippen molar-refractivity contribution in [3.63, 3.8) is 0 Å². The minimum atomic E-state index is -0.903. The van der Waals surface area contributed by atoms with E-state index in [4.69, 9.17) is 9.84 Å². The van der Waals surface area contributed by atoms with E-state index in [9.17, 15) is 4.79 Å². The second-order valence-electron chi connectivity index (χ2n) is 3.49. The smallest absolute Gasteiger partial charge is 0.328 e. The molecule has 1 aromatic carbocycles. The number of allylic oxidation sites excluding steroid dienone is 1. The minimum Gasteiger partial charge on any atom is -0.497 e.